The third-order valence-electron chi connectivity index (χ3n) is 3.09. The van der Waals surface area contributed by atoms with E-state index in [-0.39, 0.29) is 16.0 Å². The number of amides is 1. The van der Waals surface area contributed by atoms with E-state index in [4.69, 9.17) is 0 Å². The van der Waals surface area contributed by atoms with E-state index in [1.807, 2.05) is 0 Å². The van der Waals surface area contributed by atoms with Gasteiger partial charge in [-0.3, -0.25) is 9.52 Å². The van der Waals surface area contributed by atoms with Crippen molar-refractivity contribution in [3.05, 3.63) is 41.8 Å². The van der Waals surface area contributed by atoms with E-state index in [0.29, 0.717) is 11.4 Å². The average Bonchev–Trinajstić information content (AvgIpc) is 3.13. The zero-order chi connectivity index (χ0) is 14.9. The van der Waals surface area contributed by atoms with Gasteiger partial charge in [0.25, 0.3) is 10.0 Å². The van der Waals surface area contributed by atoms with E-state index in [1.54, 1.807) is 41.8 Å². The minimum absolute atomic E-state index is 0.00624. The molecule has 3 rings (SSSR count). The number of nitrogens with one attached hydrogen (secondary N) is 2. The van der Waals surface area contributed by atoms with Gasteiger partial charge in [0.05, 0.1) is 5.69 Å². The maximum Gasteiger partial charge on any atom is 0.271 e. The number of rotatable bonds is 5. The zero-order valence-corrected chi connectivity index (χ0v) is 12.7. The third-order valence-corrected chi connectivity index (χ3v) is 5.87. The van der Waals surface area contributed by atoms with E-state index in [0.717, 1.165) is 24.2 Å². The molecule has 1 fully saturated rings. The first kappa shape index (κ1) is 14.1. The molecule has 1 aliphatic rings. The van der Waals surface area contributed by atoms with Gasteiger partial charge in [0.2, 0.25) is 5.91 Å². The number of sulfonamides is 1. The highest BCUT2D eigenvalue weighted by Crippen LogP contribution is 2.30. The van der Waals surface area contributed by atoms with Crippen molar-refractivity contribution in [2.45, 2.75) is 17.1 Å². The molecule has 2 N–H and O–H groups in total. The number of hydrogen-bond acceptors (Lipinski definition) is 4. The molecule has 0 spiro atoms. The van der Waals surface area contributed by atoms with Crippen LogP contribution >= 0.6 is 11.3 Å². The Bertz CT molecular complexity index is 750. The summed E-state index contributed by atoms with van der Waals surface area (Å²) >= 11 is 1.16. The summed E-state index contributed by atoms with van der Waals surface area (Å²) in [5, 5.41) is 4.50. The molecule has 21 heavy (non-hydrogen) atoms. The first-order valence-electron chi connectivity index (χ1n) is 6.52. The maximum absolute atomic E-state index is 12.1. The summed E-state index contributed by atoms with van der Waals surface area (Å²) in [4.78, 5) is 11.7. The molecule has 7 heteroatoms. The Morgan fingerprint density at radius 3 is 2.57 bits per heavy atom. The fourth-order valence-corrected chi connectivity index (χ4v) is 3.91. The van der Waals surface area contributed by atoms with Crippen molar-refractivity contribution in [1.82, 2.24) is 0 Å². The van der Waals surface area contributed by atoms with Gasteiger partial charge in [-0.2, -0.15) is 0 Å². The van der Waals surface area contributed by atoms with Gasteiger partial charge in [-0.15, -0.1) is 11.3 Å². The first-order chi connectivity index (χ1) is 10.0. The van der Waals surface area contributed by atoms with Crippen LogP contribution in [0.25, 0.3) is 0 Å². The molecule has 0 aliphatic heterocycles. The summed E-state index contributed by atoms with van der Waals surface area (Å²) in [6.45, 7) is 0. The first-order valence-corrected chi connectivity index (χ1v) is 8.88. The van der Waals surface area contributed by atoms with Crippen molar-refractivity contribution in [1.29, 1.82) is 0 Å². The molecule has 1 amide bonds. The SMILES string of the molecule is O=C(Nc1cccc(NS(=O)(=O)c2cccs2)c1)C1CC1. The molecule has 0 unspecified atom stereocenters. The van der Waals surface area contributed by atoms with Crippen molar-refractivity contribution >= 4 is 38.6 Å². The monoisotopic (exact) mass is 322 g/mol. The Morgan fingerprint density at radius 1 is 1.14 bits per heavy atom. The van der Waals surface area contributed by atoms with Gasteiger partial charge in [0.1, 0.15) is 4.21 Å². The van der Waals surface area contributed by atoms with Crippen LogP contribution < -0.4 is 10.0 Å². The molecule has 110 valence electrons. The average molecular weight is 322 g/mol. The molecule has 0 saturated heterocycles. The number of anilines is 2. The van der Waals surface area contributed by atoms with E-state index >= 15 is 0 Å². The maximum atomic E-state index is 12.1. The summed E-state index contributed by atoms with van der Waals surface area (Å²) in [5.74, 6) is 0.102. The van der Waals surface area contributed by atoms with Gasteiger partial charge < -0.3 is 5.32 Å². The molecule has 2 aromatic rings. The predicted octanol–water partition coefficient (Wildman–Crippen LogP) is 2.90. The van der Waals surface area contributed by atoms with Gasteiger partial charge in [-0.25, -0.2) is 8.42 Å². The van der Waals surface area contributed by atoms with E-state index in [1.165, 1.54) is 0 Å². The molecule has 1 aromatic heterocycles. The lowest BCUT2D eigenvalue weighted by atomic mass is 10.2. The van der Waals surface area contributed by atoms with Crippen LogP contribution in [0.3, 0.4) is 0 Å². The number of benzene rings is 1. The second-order valence-electron chi connectivity index (χ2n) is 4.88. The minimum atomic E-state index is -3.56. The molecule has 1 aliphatic carbocycles. The van der Waals surface area contributed by atoms with Gasteiger partial charge in [0, 0.05) is 11.6 Å². The Morgan fingerprint density at radius 2 is 1.90 bits per heavy atom. The fraction of sp³-hybridized carbons (Fsp3) is 0.214. The minimum Gasteiger partial charge on any atom is -0.326 e. The van der Waals surface area contributed by atoms with Gasteiger partial charge in [0.15, 0.2) is 0 Å². The Balaban J connectivity index is 1.75. The summed E-state index contributed by atoms with van der Waals surface area (Å²) in [6.07, 6.45) is 1.85. The lowest BCUT2D eigenvalue weighted by molar-refractivity contribution is -0.117. The van der Waals surface area contributed by atoms with Crippen LogP contribution in [-0.2, 0) is 14.8 Å². The molecule has 1 saturated carbocycles. The van der Waals surface area contributed by atoms with E-state index in [2.05, 4.69) is 10.0 Å². The lowest BCUT2D eigenvalue weighted by Crippen LogP contribution is -2.14. The van der Waals surface area contributed by atoms with Crippen molar-refractivity contribution in [2.75, 3.05) is 10.0 Å². The number of carbonyl (C=O) groups excluding carboxylic acids is 1. The Labute approximate surface area is 127 Å². The molecule has 5 nitrogen and oxygen atoms in total. The third kappa shape index (κ3) is 3.43. The van der Waals surface area contributed by atoms with Crippen molar-refractivity contribution in [2.24, 2.45) is 5.92 Å². The van der Waals surface area contributed by atoms with Gasteiger partial charge in [-0.1, -0.05) is 12.1 Å². The zero-order valence-electron chi connectivity index (χ0n) is 11.1. The van der Waals surface area contributed by atoms with Crippen molar-refractivity contribution in [3.63, 3.8) is 0 Å². The lowest BCUT2D eigenvalue weighted by Gasteiger charge is -2.09. The van der Waals surface area contributed by atoms with Crippen LogP contribution in [0.4, 0.5) is 11.4 Å². The quantitative estimate of drug-likeness (QED) is 0.889. The fourth-order valence-electron chi connectivity index (χ4n) is 1.87. The number of hydrogen-bond donors (Lipinski definition) is 2. The predicted molar refractivity (Wildman–Crippen MR) is 82.9 cm³/mol. The highest BCUT2D eigenvalue weighted by atomic mass is 32.2. The van der Waals surface area contributed by atoms with Crippen LogP contribution in [0.15, 0.2) is 46.0 Å². The molecular formula is C14H14N2O3S2. The highest BCUT2D eigenvalue weighted by molar-refractivity contribution is 7.94. The number of carbonyl (C=O) groups is 1. The summed E-state index contributed by atoms with van der Waals surface area (Å²) in [7, 11) is -3.56. The van der Waals surface area contributed by atoms with E-state index < -0.39 is 10.0 Å². The smallest absolute Gasteiger partial charge is 0.271 e. The van der Waals surface area contributed by atoms with Crippen molar-refractivity contribution in [3.8, 4) is 0 Å². The summed E-state index contributed by atoms with van der Waals surface area (Å²) < 4.78 is 27.0. The number of thiophene rings is 1. The molecule has 1 aromatic carbocycles. The van der Waals surface area contributed by atoms with Gasteiger partial charge >= 0.3 is 0 Å². The highest BCUT2D eigenvalue weighted by Gasteiger charge is 2.29. The molecule has 0 radical (unpaired) electrons. The molecule has 0 bridgehead atoms. The Kier molecular flexibility index (Phi) is 3.69. The second kappa shape index (κ2) is 5.50. The van der Waals surface area contributed by atoms with E-state index in [9.17, 15) is 13.2 Å². The van der Waals surface area contributed by atoms with Crippen LogP contribution in [0.1, 0.15) is 12.8 Å². The van der Waals surface area contributed by atoms with Crippen LogP contribution in [0.5, 0.6) is 0 Å². The summed E-state index contributed by atoms with van der Waals surface area (Å²) in [5.41, 5.74) is 1.02. The summed E-state index contributed by atoms with van der Waals surface area (Å²) in [6, 6.07) is 9.94. The largest absolute Gasteiger partial charge is 0.326 e. The second-order valence-corrected chi connectivity index (χ2v) is 7.74. The van der Waals surface area contributed by atoms with Gasteiger partial charge in [-0.05, 0) is 42.5 Å². The molecule has 0 atom stereocenters. The van der Waals surface area contributed by atoms with Crippen LogP contribution in [0, 0.1) is 5.92 Å². The van der Waals surface area contributed by atoms with Crippen molar-refractivity contribution < 1.29 is 13.2 Å². The normalized spacial score (nSPS) is 14.7. The standard InChI is InChI=1S/C14H14N2O3S2/c17-14(10-6-7-10)15-11-3-1-4-12(9-11)16-21(18,19)13-5-2-8-20-13/h1-5,8-10,16H,6-7H2,(H,15,17). The molecule has 1 heterocycles. The Hall–Kier alpha value is -1.86. The van der Waals surface area contributed by atoms with Crippen LogP contribution in [-0.4, -0.2) is 14.3 Å². The molecular weight excluding hydrogens is 308 g/mol. The topological polar surface area (TPSA) is 75.3 Å². The van der Waals surface area contributed by atoms with Crippen LogP contribution in [0.2, 0.25) is 0 Å².